The van der Waals surface area contributed by atoms with Crippen molar-refractivity contribution in [1.29, 1.82) is 0 Å². The molecule has 1 aromatic rings. The van der Waals surface area contributed by atoms with E-state index in [2.05, 4.69) is 10.2 Å². The number of anilines is 1. The lowest BCUT2D eigenvalue weighted by Crippen LogP contribution is -2.38. The quantitative estimate of drug-likeness (QED) is 0.596. The van der Waals surface area contributed by atoms with Gasteiger partial charge in [-0.3, -0.25) is 14.5 Å². The van der Waals surface area contributed by atoms with Crippen LogP contribution >= 0.6 is 0 Å². The van der Waals surface area contributed by atoms with Crippen molar-refractivity contribution in [2.75, 3.05) is 50.8 Å². The number of hydrogen-bond acceptors (Lipinski definition) is 4. The maximum absolute atomic E-state index is 11.9. The maximum atomic E-state index is 11.9. The van der Waals surface area contributed by atoms with Gasteiger partial charge in [0.2, 0.25) is 11.8 Å². The van der Waals surface area contributed by atoms with Crippen LogP contribution in [0.2, 0.25) is 0 Å². The normalized spacial score (nSPS) is 18.6. The lowest BCUT2D eigenvalue weighted by molar-refractivity contribution is -0.117. The first-order valence-electron chi connectivity index (χ1n) is 9.39. The predicted octanol–water partition coefficient (Wildman–Crippen LogP) is 1.67. The van der Waals surface area contributed by atoms with E-state index >= 15 is 0 Å². The van der Waals surface area contributed by atoms with E-state index in [1.165, 1.54) is 0 Å². The summed E-state index contributed by atoms with van der Waals surface area (Å²) in [6.07, 6.45) is 5.86. The van der Waals surface area contributed by atoms with Crippen LogP contribution in [0, 0.1) is 0 Å². The molecule has 0 spiro atoms. The molecule has 6 heteroatoms. The molecule has 6 nitrogen and oxygen atoms in total. The first-order valence-corrected chi connectivity index (χ1v) is 9.39. The number of morpholine rings is 1. The number of benzene rings is 1. The van der Waals surface area contributed by atoms with Gasteiger partial charge in [-0.05, 0) is 43.2 Å². The maximum Gasteiger partial charge on any atom is 0.243 e. The minimum atomic E-state index is -0.0780. The van der Waals surface area contributed by atoms with Gasteiger partial charge >= 0.3 is 0 Å². The van der Waals surface area contributed by atoms with E-state index in [0.29, 0.717) is 13.0 Å². The zero-order valence-corrected chi connectivity index (χ0v) is 15.2. The van der Waals surface area contributed by atoms with Crippen LogP contribution in [0.4, 0.5) is 5.69 Å². The number of nitrogens with one attached hydrogen (secondary N) is 1. The van der Waals surface area contributed by atoms with Gasteiger partial charge in [-0.2, -0.15) is 0 Å². The van der Waals surface area contributed by atoms with Crippen LogP contribution < -0.4 is 10.2 Å². The minimum Gasteiger partial charge on any atom is -0.379 e. The van der Waals surface area contributed by atoms with Gasteiger partial charge in [0.25, 0.3) is 0 Å². The van der Waals surface area contributed by atoms with E-state index in [0.717, 1.165) is 63.5 Å². The predicted molar refractivity (Wildman–Crippen MR) is 102 cm³/mol. The number of rotatable bonds is 7. The Labute approximate surface area is 154 Å². The highest BCUT2D eigenvalue weighted by Crippen LogP contribution is 2.21. The van der Waals surface area contributed by atoms with Crippen LogP contribution in [0.15, 0.2) is 30.3 Å². The van der Waals surface area contributed by atoms with Crippen molar-refractivity contribution in [3.8, 4) is 0 Å². The molecule has 2 aliphatic heterocycles. The van der Waals surface area contributed by atoms with Crippen molar-refractivity contribution in [2.24, 2.45) is 0 Å². The Hall–Kier alpha value is -2.18. The highest BCUT2D eigenvalue weighted by Gasteiger charge is 2.21. The Morgan fingerprint density at radius 2 is 1.92 bits per heavy atom. The molecule has 2 amide bonds. The SMILES string of the molecule is O=C(/C=C/c1ccc(N2CCCC2=O)cc1)NCCCN1CCOCC1. The summed E-state index contributed by atoms with van der Waals surface area (Å²) in [4.78, 5) is 27.8. The minimum absolute atomic E-state index is 0.0780. The van der Waals surface area contributed by atoms with Gasteiger partial charge in [0.1, 0.15) is 0 Å². The third-order valence-electron chi connectivity index (χ3n) is 4.76. The fourth-order valence-electron chi connectivity index (χ4n) is 3.26. The third-order valence-corrected chi connectivity index (χ3v) is 4.76. The summed E-state index contributed by atoms with van der Waals surface area (Å²) < 4.78 is 5.32. The van der Waals surface area contributed by atoms with E-state index in [9.17, 15) is 9.59 Å². The molecule has 3 rings (SSSR count). The zero-order chi connectivity index (χ0) is 18.2. The highest BCUT2D eigenvalue weighted by molar-refractivity contribution is 5.95. The molecule has 0 aromatic heterocycles. The van der Waals surface area contributed by atoms with Crippen molar-refractivity contribution in [2.45, 2.75) is 19.3 Å². The molecule has 1 aromatic carbocycles. The Morgan fingerprint density at radius 1 is 1.15 bits per heavy atom. The number of nitrogens with zero attached hydrogens (tertiary/aromatic N) is 2. The fourth-order valence-corrected chi connectivity index (χ4v) is 3.26. The second-order valence-electron chi connectivity index (χ2n) is 6.67. The average molecular weight is 357 g/mol. The van der Waals surface area contributed by atoms with Gasteiger partial charge in [-0.1, -0.05) is 12.1 Å². The average Bonchev–Trinajstić information content (AvgIpc) is 3.11. The third kappa shape index (κ3) is 5.41. The van der Waals surface area contributed by atoms with Gasteiger partial charge in [0.05, 0.1) is 13.2 Å². The van der Waals surface area contributed by atoms with E-state index in [-0.39, 0.29) is 11.8 Å². The molecule has 140 valence electrons. The highest BCUT2D eigenvalue weighted by atomic mass is 16.5. The van der Waals surface area contributed by atoms with Crippen molar-refractivity contribution < 1.29 is 14.3 Å². The van der Waals surface area contributed by atoms with Crippen LogP contribution in [0.5, 0.6) is 0 Å². The van der Waals surface area contributed by atoms with Crippen LogP contribution in [-0.4, -0.2) is 62.7 Å². The van der Waals surface area contributed by atoms with Crippen molar-refractivity contribution in [1.82, 2.24) is 10.2 Å². The van der Waals surface area contributed by atoms with Crippen LogP contribution in [0.1, 0.15) is 24.8 Å². The number of ether oxygens (including phenoxy) is 1. The summed E-state index contributed by atoms with van der Waals surface area (Å²) in [5.41, 5.74) is 1.88. The van der Waals surface area contributed by atoms with Gasteiger partial charge in [0.15, 0.2) is 0 Å². The Morgan fingerprint density at radius 3 is 2.62 bits per heavy atom. The molecule has 2 heterocycles. The van der Waals surface area contributed by atoms with Crippen LogP contribution in [0.3, 0.4) is 0 Å². The van der Waals surface area contributed by atoms with Crippen LogP contribution in [-0.2, 0) is 14.3 Å². The van der Waals surface area contributed by atoms with Gasteiger partial charge < -0.3 is 15.0 Å². The standard InChI is InChI=1S/C20H27N3O3/c24-19(21-10-2-11-22-13-15-26-16-14-22)9-6-17-4-7-18(8-5-17)23-12-1-3-20(23)25/h4-9H,1-3,10-16H2,(H,21,24)/b9-6+. The van der Waals surface area contributed by atoms with E-state index < -0.39 is 0 Å². The van der Waals surface area contributed by atoms with Crippen molar-refractivity contribution in [3.63, 3.8) is 0 Å². The monoisotopic (exact) mass is 357 g/mol. The molecule has 2 aliphatic rings. The van der Waals surface area contributed by atoms with E-state index in [1.54, 1.807) is 12.2 Å². The Kier molecular flexibility index (Phi) is 6.80. The Bertz CT molecular complexity index is 636. The Balaban J connectivity index is 1.38. The summed E-state index contributed by atoms with van der Waals surface area (Å²) in [6.45, 7) is 6.03. The molecule has 26 heavy (non-hydrogen) atoms. The lowest BCUT2D eigenvalue weighted by atomic mass is 10.2. The van der Waals surface area contributed by atoms with Gasteiger partial charge in [-0.25, -0.2) is 0 Å². The molecule has 0 saturated carbocycles. The first kappa shape index (κ1) is 18.6. The molecule has 1 N–H and O–H groups in total. The zero-order valence-electron chi connectivity index (χ0n) is 15.2. The molecule has 0 bridgehead atoms. The fraction of sp³-hybridized carbons (Fsp3) is 0.500. The molecule has 0 radical (unpaired) electrons. The summed E-state index contributed by atoms with van der Waals surface area (Å²) >= 11 is 0. The summed E-state index contributed by atoms with van der Waals surface area (Å²) in [5.74, 6) is 0.107. The first-order chi connectivity index (χ1) is 12.7. The molecule has 2 fully saturated rings. The number of amides is 2. The topological polar surface area (TPSA) is 61.9 Å². The number of hydrogen-bond donors (Lipinski definition) is 1. The molecule has 0 unspecified atom stereocenters. The largest absolute Gasteiger partial charge is 0.379 e. The van der Waals surface area contributed by atoms with Gasteiger partial charge in [0, 0.05) is 44.4 Å². The molecular formula is C20H27N3O3. The molecule has 2 saturated heterocycles. The smallest absolute Gasteiger partial charge is 0.243 e. The van der Waals surface area contributed by atoms with E-state index in [4.69, 9.17) is 4.74 Å². The number of carbonyl (C=O) groups excluding carboxylic acids is 2. The van der Waals surface area contributed by atoms with Crippen molar-refractivity contribution in [3.05, 3.63) is 35.9 Å². The summed E-state index contributed by atoms with van der Waals surface area (Å²) in [5, 5.41) is 2.92. The molecular weight excluding hydrogens is 330 g/mol. The van der Waals surface area contributed by atoms with E-state index in [1.807, 2.05) is 29.2 Å². The van der Waals surface area contributed by atoms with Crippen LogP contribution in [0.25, 0.3) is 6.08 Å². The molecule has 0 atom stereocenters. The second-order valence-corrected chi connectivity index (χ2v) is 6.67. The lowest BCUT2D eigenvalue weighted by Gasteiger charge is -2.26. The summed E-state index contributed by atoms with van der Waals surface area (Å²) in [6, 6.07) is 7.73. The van der Waals surface area contributed by atoms with Crippen molar-refractivity contribution >= 4 is 23.6 Å². The molecule has 0 aliphatic carbocycles. The second kappa shape index (κ2) is 9.50. The summed E-state index contributed by atoms with van der Waals surface area (Å²) in [7, 11) is 0. The number of carbonyl (C=O) groups is 2. The van der Waals surface area contributed by atoms with Gasteiger partial charge in [-0.15, -0.1) is 0 Å².